The van der Waals surface area contributed by atoms with E-state index in [1.807, 2.05) is 60.7 Å². The van der Waals surface area contributed by atoms with Crippen molar-refractivity contribution in [2.24, 2.45) is 0 Å². The highest BCUT2D eigenvalue weighted by Gasteiger charge is 2.18. The Bertz CT molecular complexity index is 791. The van der Waals surface area contributed by atoms with E-state index in [0.717, 1.165) is 11.1 Å². The zero-order valence-electron chi connectivity index (χ0n) is 15.0. The molecule has 4 heteroatoms. The lowest BCUT2D eigenvalue weighted by Gasteiger charge is -2.15. The summed E-state index contributed by atoms with van der Waals surface area (Å²) in [4.78, 5) is 24.1. The average Bonchev–Trinajstić information content (AvgIpc) is 2.65. The summed E-state index contributed by atoms with van der Waals surface area (Å²) >= 11 is 0. The van der Waals surface area contributed by atoms with E-state index in [0.29, 0.717) is 11.1 Å². The van der Waals surface area contributed by atoms with Crippen LogP contribution in [0.2, 0.25) is 0 Å². The van der Waals surface area contributed by atoms with Crippen LogP contribution >= 0.6 is 0 Å². The van der Waals surface area contributed by atoms with E-state index in [-0.39, 0.29) is 6.61 Å². The minimum absolute atomic E-state index is 0.0230. The summed E-state index contributed by atoms with van der Waals surface area (Å²) in [5.41, 5.74) is 2.39. The number of rotatable bonds is 7. The van der Waals surface area contributed by atoms with Gasteiger partial charge in [0.15, 0.2) is 0 Å². The molecule has 1 unspecified atom stereocenters. The summed E-state index contributed by atoms with van der Waals surface area (Å²) in [5, 5.41) is 0. The quantitative estimate of drug-likeness (QED) is 0.425. The smallest absolute Gasteiger partial charge is 0.339 e. The Morgan fingerprint density at radius 1 is 1.00 bits per heavy atom. The van der Waals surface area contributed by atoms with E-state index < -0.39 is 18.0 Å². The first-order valence-electron chi connectivity index (χ1n) is 8.33. The van der Waals surface area contributed by atoms with Crippen molar-refractivity contribution in [3.8, 4) is 0 Å². The SMILES string of the molecule is C=C(C)C(=O)OCC(C)OC(=O)C(=Cc1ccccc1)c1ccccc1. The summed E-state index contributed by atoms with van der Waals surface area (Å²) in [7, 11) is 0. The van der Waals surface area contributed by atoms with Crippen molar-refractivity contribution in [3.05, 3.63) is 83.9 Å². The summed E-state index contributed by atoms with van der Waals surface area (Å²) in [6, 6.07) is 18.8. The first-order valence-corrected chi connectivity index (χ1v) is 8.33. The highest BCUT2D eigenvalue weighted by molar-refractivity contribution is 6.21. The monoisotopic (exact) mass is 350 g/mol. The van der Waals surface area contributed by atoms with Crippen LogP contribution in [-0.4, -0.2) is 24.6 Å². The van der Waals surface area contributed by atoms with E-state index in [2.05, 4.69) is 6.58 Å². The van der Waals surface area contributed by atoms with Crippen LogP contribution in [0.1, 0.15) is 25.0 Å². The second kappa shape index (κ2) is 9.37. The normalized spacial score (nSPS) is 12.2. The van der Waals surface area contributed by atoms with Crippen LogP contribution in [0.3, 0.4) is 0 Å². The molecule has 0 bridgehead atoms. The Labute approximate surface area is 153 Å². The van der Waals surface area contributed by atoms with E-state index in [4.69, 9.17) is 9.47 Å². The Morgan fingerprint density at radius 3 is 2.15 bits per heavy atom. The van der Waals surface area contributed by atoms with Crippen LogP contribution in [0.4, 0.5) is 0 Å². The van der Waals surface area contributed by atoms with Crippen LogP contribution < -0.4 is 0 Å². The molecule has 26 heavy (non-hydrogen) atoms. The van der Waals surface area contributed by atoms with Gasteiger partial charge in [0.2, 0.25) is 0 Å². The summed E-state index contributed by atoms with van der Waals surface area (Å²) in [6.07, 6.45) is 1.21. The maximum absolute atomic E-state index is 12.7. The zero-order chi connectivity index (χ0) is 18.9. The third-order valence-corrected chi connectivity index (χ3v) is 3.52. The first kappa shape index (κ1) is 19.2. The fraction of sp³-hybridized carbons (Fsp3) is 0.182. The van der Waals surface area contributed by atoms with E-state index in [1.54, 1.807) is 19.9 Å². The summed E-state index contributed by atoms with van der Waals surface area (Å²) in [5.74, 6) is -0.977. The van der Waals surface area contributed by atoms with Gasteiger partial charge >= 0.3 is 11.9 Å². The van der Waals surface area contributed by atoms with Crippen LogP contribution in [0, 0.1) is 0 Å². The molecule has 0 aromatic heterocycles. The maximum Gasteiger partial charge on any atom is 0.339 e. The van der Waals surface area contributed by atoms with Gasteiger partial charge in [0.1, 0.15) is 12.7 Å². The molecule has 0 aliphatic carbocycles. The molecule has 4 nitrogen and oxygen atoms in total. The van der Waals surface area contributed by atoms with Gasteiger partial charge in [-0.1, -0.05) is 67.2 Å². The molecule has 0 saturated heterocycles. The number of hydrogen-bond donors (Lipinski definition) is 0. The molecule has 0 spiro atoms. The van der Waals surface area contributed by atoms with Crippen molar-refractivity contribution in [1.82, 2.24) is 0 Å². The predicted octanol–water partition coefficient (Wildman–Crippen LogP) is 4.28. The largest absolute Gasteiger partial charge is 0.458 e. The van der Waals surface area contributed by atoms with Crippen molar-refractivity contribution in [3.63, 3.8) is 0 Å². The minimum atomic E-state index is -0.575. The van der Waals surface area contributed by atoms with Crippen molar-refractivity contribution in [1.29, 1.82) is 0 Å². The molecule has 1 atom stereocenters. The highest BCUT2D eigenvalue weighted by Crippen LogP contribution is 2.20. The van der Waals surface area contributed by atoms with Crippen LogP contribution in [0.5, 0.6) is 0 Å². The van der Waals surface area contributed by atoms with Gasteiger partial charge in [0, 0.05) is 5.57 Å². The van der Waals surface area contributed by atoms with Gasteiger partial charge in [-0.3, -0.25) is 0 Å². The lowest BCUT2D eigenvalue weighted by molar-refractivity contribution is -0.151. The highest BCUT2D eigenvalue weighted by atomic mass is 16.6. The van der Waals surface area contributed by atoms with Gasteiger partial charge < -0.3 is 9.47 Å². The molecule has 0 N–H and O–H groups in total. The Balaban J connectivity index is 2.15. The Morgan fingerprint density at radius 2 is 1.58 bits per heavy atom. The summed E-state index contributed by atoms with van der Waals surface area (Å²) < 4.78 is 10.5. The molecule has 0 aliphatic heterocycles. The minimum Gasteiger partial charge on any atom is -0.458 e. The zero-order valence-corrected chi connectivity index (χ0v) is 15.0. The number of carbonyl (C=O) groups is 2. The molecule has 2 aromatic rings. The second-order valence-electron chi connectivity index (χ2n) is 5.93. The summed E-state index contributed by atoms with van der Waals surface area (Å²) in [6.45, 7) is 6.73. The van der Waals surface area contributed by atoms with Crippen molar-refractivity contribution in [2.75, 3.05) is 6.61 Å². The standard InChI is InChI=1S/C22H22O4/c1-16(2)21(23)25-15-17(3)26-22(24)20(19-12-8-5-9-13-19)14-18-10-6-4-7-11-18/h4-14,17H,1,15H2,2-3H3. The number of ether oxygens (including phenoxy) is 2. The molecule has 0 heterocycles. The third kappa shape index (κ3) is 5.74. The fourth-order valence-corrected chi connectivity index (χ4v) is 2.19. The van der Waals surface area contributed by atoms with Crippen molar-refractivity contribution in [2.45, 2.75) is 20.0 Å². The predicted molar refractivity (Wildman–Crippen MR) is 102 cm³/mol. The van der Waals surface area contributed by atoms with Gasteiger partial charge in [-0.25, -0.2) is 9.59 Å². The molecule has 0 aliphatic rings. The van der Waals surface area contributed by atoms with E-state index in [9.17, 15) is 9.59 Å². The topological polar surface area (TPSA) is 52.6 Å². The Hall–Kier alpha value is -3.14. The molecule has 0 amide bonds. The lowest BCUT2D eigenvalue weighted by Crippen LogP contribution is -2.23. The average molecular weight is 350 g/mol. The first-order chi connectivity index (χ1) is 12.5. The van der Waals surface area contributed by atoms with Crippen LogP contribution in [-0.2, 0) is 19.1 Å². The second-order valence-corrected chi connectivity index (χ2v) is 5.93. The molecule has 2 rings (SSSR count). The molecular formula is C22H22O4. The molecule has 134 valence electrons. The van der Waals surface area contributed by atoms with E-state index in [1.165, 1.54) is 0 Å². The van der Waals surface area contributed by atoms with Gasteiger partial charge in [-0.2, -0.15) is 0 Å². The van der Waals surface area contributed by atoms with Gasteiger partial charge in [0.25, 0.3) is 0 Å². The molecule has 0 radical (unpaired) electrons. The van der Waals surface area contributed by atoms with Gasteiger partial charge in [-0.05, 0) is 31.1 Å². The fourth-order valence-electron chi connectivity index (χ4n) is 2.19. The number of esters is 2. The van der Waals surface area contributed by atoms with Crippen molar-refractivity contribution < 1.29 is 19.1 Å². The molecule has 2 aromatic carbocycles. The molecule has 0 saturated carbocycles. The van der Waals surface area contributed by atoms with Crippen LogP contribution in [0.15, 0.2) is 72.8 Å². The number of hydrogen-bond acceptors (Lipinski definition) is 4. The molecular weight excluding hydrogens is 328 g/mol. The van der Waals surface area contributed by atoms with Gasteiger partial charge in [0.05, 0.1) is 5.57 Å². The van der Waals surface area contributed by atoms with Gasteiger partial charge in [-0.15, -0.1) is 0 Å². The van der Waals surface area contributed by atoms with Crippen molar-refractivity contribution >= 4 is 23.6 Å². The maximum atomic E-state index is 12.7. The number of carbonyl (C=O) groups excluding carboxylic acids is 2. The molecule has 0 fully saturated rings. The van der Waals surface area contributed by atoms with Crippen LogP contribution in [0.25, 0.3) is 11.6 Å². The number of benzene rings is 2. The third-order valence-electron chi connectivity index (χ3n) is 3.52. The lowest BCUT2D eigenvalue weighted by atomic mass is 10.0. The van der Waals surface area contributed by atoms with E-state index >= 15 is 0 Å². The Kier molecular flexibility index (Phi) is 6.92.